The van der Waals surface area contributed by atoms with Crippen molar-refractivity contribution in [3.05, 3.63) is 51.7 Å². The molecule has 17 heavy (non-hydrogen) atoms. The Balaban J connectivity index is 1.94. The maximum atomic E-state index is 5.80. The Hall–Kier alpha value is -1.07. The van der Waals surface area contributed by atoms with Crippen molar-refractivity contribution in [2.45, 2.75) is 6.04 Å². The first-order valence-corrected chi connectivity index (χ1v) is 6.48. The van der Waals surface area contributed by atoms with Gasteiger partial charge in [0.05, 0.1) is 6.04 Å². The van der Waals surface area contributed by atoms with Crippen LogP contribution in [0.2, 0.25) is 5.02 Å². The number of nitrogens with two attached hydrogens (primary N) is 1. The fourth-order valence-corrected chi connectivity index (χ4v) is 2.26. The lowest BCUT2D eigenvalue weighted by Crippen LogP contribution is -2.32. The summed E-state index contributed by atoms with van der Waals surface area (Å²) in [5.41, 5.74) is 3.87. The molecule has 0 aliphatic rings. The van der Waals surface area contributed by atoms with Gasteiger partial charge in [-0.15, -0.1) is 0 Å². The molecule has 1 aromatic heterocycles. The molecule has 2 rings (SSSR count). The van der Waals surface area contributed by atoms with E-state index in [1.54, 1.807) is 23.5 Å². The zero-order chi connectivity index (χ0) is 12.1. The summed E-state index contributed by atoms with van der Waals surface area (Å²) in [7, 11) is 0. The summed E-state index contributed by atoms with van der Waals surface area (Å²) in [6, 6.07) is 9.29. The van der Waals surface area contributed by atoms with E-state index in [1.807, 2.05) is 23.6 Å². The Morgan fingerprint density at radius 3 is 2.65 bits per heavy atom. The molecule has 0 saturated heterocycles. The van der Waals surface area contributed by atoms with Crippen LogP contribution in [0.25, 0.3) is 0 Å². The fraction of sp³-hybridized carbons (Fsp3) is 0.167. The summed E-state index contributed by atoms with van der Waals surface area (Å²) < 4.78 is 5.64. The number of rotatable bonds is 5. The maximum Gasteiger partial charge on any atom is 0.119 e. The van der Waals surface area contributed by atoms with Crippen molar-refractivity contribution in [1.82, 2.24) is 5.43 Å². The topological polar surface area (TPSA) is 47.3 Å². The quantitative estimate of drug-likeness (QED) is 0.647. The average molecular weight is 269 g/mol. The number of halogens is 1. The SMILES string of the molecule is NNC(COc1ccc(Cl)cc1)c1ccsc1. The molecule has 0 aliphatic heterocycles. The van der Waals surface area contributed by atoms with E-state index in [-0.39, 0.29) is 6.04 Å². The van der Waals surface area contributed by atoms with Crippen LogP contribution in [-0.2, 0) is 0 Å². The number of benzene rings is 1. The highest BCUT2D eigenvalue weighted by atomic mass is 35.5. The van der Waals surface area contributed by atoms with Crippen molar-refractivity contribution >= 4 is 22.9 Å². The van der Waals surface area contributed by atoms with Crippen LogP contribution in [0.1, 0.15) is 11.6 Å². The van der Waals surface area contributed by atoms with Crippen LogP contribution in [0.3, 0.4) is 0 Å². The van der Waals surface area contributed by atoms with Crippen LogP contribution in [-0.4, -0.2) is 6.61 Å². The van der Waals surface area contributed by atoms with E-state index >= 15 is 0 Å². The lowest BCUT2D eigenvalue weighted by molar-refractivity contribution is 0.268. The second-order valence-corrected chi connectivity index (χ2v) is 4.76. The maximum absolute atomic E-state index is 5.80. The number of thiophene rings is 1. The smallest absolute Gasteiger partial charge is 0.119 e. The van der Waals surface area contributed by atoms with Gasteiger partial charge in [-0.3, -0.25) is 5.84 Å². The highest BCUT2D eigenvalue weighted by Crippen LogP contribution is 2.19. The number of hydrazine groups is 1. The highest BCUT2D eigenvalue weighted by Gasteiger charge is 2.10. The number of nitrogens with one attached hydrogen (secondary N) is 1. The Bertz CT molecular complexity index is 444. The first kappa shape index (κ1) is 12.4. The molecule has 1 heterocycles. The molecule has 0 aliphatic carbocycles. The van der Waals surface area contributed by atoms with Crippen LogP contribution < -0.4 is 16.0 Å². The van der Waals surface area contributed by atoms with Crippen molar-refractivity contribution in [3.63, 3.8) is 0 Å². The van der Waals surface area contributed by atoms with E-state index in [0.717, 1.165) is 11.3 Å². The van der Waals surface area contributed by atoms with Gasteiger partial charge in [0.25, 0.3) is 0 Å². The van der Waals surface area contributed by atoms with Gasteiger partial charge in [-0.2, -0.15) is 11.3 Å². The Kier molecular flexibility index (Phi) is 4.39. The minimum absolute atomic E-state index is 0.00284. The molecular formula is C12H13ClN2OS. The van der Waals surface area contributed by atoms with Gasteiger partial charge in [0, 0.05) is 5.02 Å². The van der Waals surface area contributed by atoms with Crippen LogP contribution >= 0.6 is 22.9 Å². The molecule has 0 saturated carbocycles. The Labute approximate surface area is 109 Å². The minimum Gasteiger partial charge on any atom is -0.492 e. The summed E-state index contributed by atoms with van der Waals surface area (Å²) in [6.45, 7) is 0.481. The summed E-state index contributed by atoms with van der Waals surface area (Å²) in [4.78, 5) is 0. The summed E-state index contributed by atoms with van der Waals surface area (Å²) >= 11 is 7.43. The van der Waals surface area contributed by atoms with Crippen molar-refractivity contribution in [2.24, 2.45) is 5.84 Å². The minimum atomic E-state index is -0.00284. The third-order valence-electron chi connectivity index (χ3n) is 2.38. The largest absolute Gasteiger partial charge is 0.492 e. The highest BCUT2D eigenvalue weighted by molar-refractivity contribution is 7.07. The van der Waals surface area contributed by atoms with Gasteiger partial charge in [0.15, 0.2) is 0 Å². The van der Waals surface area contributed by atoms with Crippen LogP contribution in [0.4, 0.5) is 0 Å². The molecule has 0 spiro atoms. The van der Waals surface area contributed by atoms with Crippen molar-refractivity contribution in [2.75, 3.05) is 6.61 Å². The lowest BCUT2D eigenvalue weighted by atomic mass is 10.2. The third kappa shape index (κ3) is 3.44. The molecule has 1 atom stereocenters. The molecule has 90 valence electrons. The lowest BCUT2D eigenvalue weighted by Gasteiger charge is -2.15. The van der Waals surface area contributed by atoms with Crippen LogP contribution in [0.5, 0.6) is 5.75 Å². The molecule has 0 fully saturated rings. The number of hydrogen-bond donors (Lipinski definition) is 2. The van der Waals surface area contributed by atoms with Crippen LogP contribution in [0, 0.1) is 0 Å². The summed E-state index contributed by atoms with van der Waals surface area (Å²) in [6.07, 6.45) is 0. The van der Waals surface area contributed by atoms with E-state index in [1.165, 1.54) is 0 Å². The van der Waals surface area contributed by atoms with E-state index in [2.05, 4.69) is 10.8 Å². The van der Waals surface area contributed by atoms with E-state index in [9.17, 15) is 0 Å². The Morgan fingerprint density at radius 1 is 1.29 bits per heavy atom. The van der Waals surface area contributed by atoms with Crippen molar-refractivity contribution in [3.8, 4) is 5.75 Å². The van der Waals surface area contributed by atoms with E-state index in [4.69, 9.17) is 22.2 Å². The summed E-state index contributed by atoms with van der Waals surface area (Å²) in [5, 5.41) is 4.77. The zero-order valence-electron chi connectivity index (χ0n) is 9.10. The fourth-order valence-electron chi connectivity index (χ4n) is 1.42. The predicted molar refractivity (Wildman–Crippen MR) is 71.3 cm³/mol. The summed E-state index contributed by atoms with van der Waals surface area (Å²) in [5.74, 6) is 6.29. The molecule has 5 heteroatoms. The molecule has 0 amide bonds. The second-order valence-electron chi connectivity index (χ2n) is 3.54. The molecular weight excluding hydrogens is 256 g/mol. The van der Waals surface area contributed by atoms with Gasteiger partial charge in [0.1, 0.15) is 12.4 Å². The van der Waals surface area contributed by atoms with Crippen molar-refractivity contribution < 1.29 is 4.74 Å². The van der Waals surface area contributed by atoms with Crippen molar-refractivity contribution in [1.29, 1.82) is 0 Å². The molecule has 1 aromatic carbocycles. The van der Waals surface area contributed by atoms with Gasteiger partial charge < -0.3 is 4.74 Å². The number of ether oxygens (including phenoxy) is 1. The van der Waals surface area contributed by atoms with Gasteiger partial charge in [-0.25, -0.2) is 5.43 Å². The Morgan fingerprint density at radius 2 is 2.06 bits per heavy atom. The monoisotopic (exact) mass is 268 g/mol. The normalized spacial score (nSPS) is 12.4. The van der Waals surface area contributed by atoms with Crippen LogP contribution in [0.15, 0.2) is 41.1 Å². The molecule has 0 bridgehead atoms. The molecule has 0 radical (unpaired) electrons. The molecule has 3 N–H and O–H groups in total. The molecule has 1 unspecified atom stereocenters. The second kappa shape index (κ2) is 6.02. The van der Waals surface area contributed by atoms with E-state index in [0.29, 0.717) is 11.6 Å². The number of hydrogen-bond acceptors (Lipinski definition) is 4. The zero-order valence-corrected chi connectivity index (χ0v) is 10.7. The first-order chi connectivity index (χ1) is 8.29. The first-order valence-electron chi connectivity index (χ1n) is 5.16. The third-order valence-corrected chi connectivity index (χ3v) is 3.33. The standard InChI is InChI=1S/C12H13ClN2OS/c13-10-1-3-11(4-2-10)16-7-12(15-14)9-5-6-17-8-9/h1-6,8,12,15H,7,14H2. The van der Waals surface area contributed by atoms with E-state index < -0.39 is 0 Å². The van der Waals surface area contributed by atoms with Gasteiger partial charge in [-0.1, -0.05) is 11.6 Å². The predicted octanol–water partition coefficient (Wildman–Crippen LogP) is 2.98. The average Bonchev–Trinajstić information content (AvgIpc) is 2.86. The molecule has 3 nitrogen and oxygen atoms in total. The van der Waals surface area contributed by atoms with Gasteiger partial charge in [0.2, 0.25) is 0 Å². The van der Waals surface area contributed by atoms with Gasteiger partial charge in [-0.05, 0) is 46.7 Å². The molecule has 2 aromatic rings. The van der Waals surface area contributed by atoms with Gasteiger partial charge >= 0.3 is 0 Å².